The first-order valence-corrected chi connectivity index (χ1v) is 26.2. The van der Waals surface area contributed by atoms with Crippen LogP contribution in [0.1, 0.15) is 35.1 Å². The summed E-state index contributed by atoms with van der Waals surface area (Å²) >= 11 is 12.8. The van der Waals surface area contributed by atoms with Crippen molar-refractivity contribution in [2.24, 2.45) is 40.9 Å². The van der Waals surface area contributed by atoms with Crippen molar-refractivity contribution in [3.8, 4) is 23.0 Å². The van der Waals surface area contributed by atoms with Crippen molar-refractivity contribution in [1.82, 2.24) is 0 Å². The van der Waals surface area contributed by atoms with Gasteiger partial charge in [0.05, 0.1) is 94.5 Å². The van der Waals surface area contributed by atoms with Crippen molar-refractivity contribution < 1.29 is 49.7 Å². The molecule has 0 aliphatic heterocycles. The SMILES string of the molecule is COc1cc(N=Nc2ccc(N=Nc3ccc(OCCCS(=O)(=O)O)cc3Cl)c(C)c2)c(C)cc1NC(=O)Nc1cc(C)c(N=Nc2ccc(N=Nc3ccc(OCCCS(=O)(=O)O)cc3Cl)c(C)c2)cc1OC. The lowest BCUT2D eigenvalue weighted by Crippen LogP contribution is -2.20. The van der Waals surface area contributed by atoms with Crippen molar-refractivity contribution in [3.05, 3.63) is 129 Å². The molecule has 388 valence electrons. The highest BCUT2D eigenvalue weighted by Gasteiger charge is 2.16. The Morgan fingerprint density at radius 3 is 1.19 bits per heavy atom. The molecule has 74 heavy (non-hydrogen) atoms. The molecule has 0 bridgehead atoms. The number of azo groups is 4. The number of benzene rings is 6. The van der Waals surface area contributed by atoms with Gasteiger partial charge < -0.3 is 29.6 Å². The number of carbonyl (C=O) groups excluding carboxylic acids is 1. The van der Waals surface area contributed by atoms with Gasteiger partial charge in [-0.15, -0.1) is 10.2 Å². The average Bonchev–Trinajstić information content (AvgIpc) is 3.33. The molecule has 0 aromatic heterocycles. The highest BCUT2D eigenvalue weighted by molar-refractivity contribution is 7.86. The largest absolute Gasteiger partial charge is 0.494 e. The van der Waals surface area contributed by atoms with Crippen molar-refractivity contribution in [1.29, 1.82) is 0 Å². The number of hydrogen-bond acceptors (Lipinski definition) is 17. The van der Waals surface area contributed by atoms with Gasteiger partial charge in [-0.3, -0.25) is 9.11 Å². The fourth-order valence-corrected chi connectivity index (χ4v) is 8.01. The van der Waals surface area contributed by atoms with Crippen LogP contribution in [0, 0.1) is 27.7 Å². The first-order valence-electron chi connectivity index (χ1n) is 22.3. The van der Waals surface area contributed by atoms with E-state index in [0.29, 0.717) is 91.0 Å². The zero-order valence-electron chi connectivity index (χ0n) is 40.7. The number of rotatable bonds is 22. The molecule has 6 rings (SSSR count). The number of amides is 2. The van der Waals surface area contributed by atoms with Crippen LogP contribution in [0.4, 0.5) is 61.7 Å². The summed E-state index contributed by atoms with van der Waals surface area (Å²) in [5.41, 5.74) is 7.72. The van der Waals surface area contributed by atoms with Crippen LogP contribution >= 0.6 is 23.2 Å². The van der Waals surface area contributed by atoms with Gasteiger partial charge in [-0.25, -0.2) is 4.79 Å². The van der Waals surface area contributed by atoms with Crippen molar-refractivity contribution in [2.45, 2.75) is 40.5 Å². The summed E-state index contributed by atoms with van der Waals surface area (Å²) in [6.45, 7) is 7.49. The van der Waals surface area contributed by atoms with E-state index in [1.54, 1.807) is 84.9 Å². The van der Waals surface area contributed by atoms with Crippen LogP contribution in [0.5, 0.6) is 23.0 Å². The van der Waals surface area contributed by atoms with E-state index in [0.717, 1.165) is 11.1 Å². The van der Waals surface area contributed by atoms with Gasteiger partial charge in [-0.1, -0.05) is 23.2 Å². The van der Waals surface area contributed by atoms with E-state index in [1.165, 1.54) is 26.4 Å². The second-order valence-electron chi connectivity index (χ2n) is 16.2. The molecule has 4 N–H and O–H groups in total. The Morgan fingerprint density at radius 2 is 0.838 bits per heavy atom. The minimum absolute atomic E-state index is 0.0743. The number of ether oxygens (including phenoxy) is 4. The Hall–Kier alpha value is -7.41. The van der Waals surface area contributed by atoms with Gasteiger partial charge in [-0.05, 0) is 136 Å². The van der Waals surface area contributed by atoms with Crippen LogP contribution in [-0.4, -0.2) is 70.9 Å². The normalized spacial score (nSPS) is 12.0. The van der Waals surface area contributed by atoms with E-state index in [1.807, 2.05) is 27.7 Å². The van der Waals surface area contributed by atoms with Gasteiger partial charge in [-0.2, -0.15) is 47.5 Å². The summed E-state index contributed by atoms with van der Waals surface area (Å²) in [5.74, 6) is 0.682. The summed E-state index contributed by atoms with van der Waals surface area (Å²) in [6, 6.07) is 26.3. The number of hydrogen-bond donors (Lipinski definition) is 4. The average molecular weight is 1090 g/mol. The molecule has 2 amide bonds. The molecular weight excluding hydrogens is 1040 g/mol. The molecule has 0 atom stereocenters. The van der Waals surface area contributed by atoms with E-state index < -0.39 is 37.8 Å². The molecular formula is C49H50Cl2N10O11S2. The molecule has 0 saturated carbocycles. The Kier molecular flexibility index (Phi) is 19.3. The van der Waals surface area contributed by atoms with Crippen LogP contribution in [0.25, 0.3) is 0 Å². The lowest BCUT2D eigenvalue weighted by molar-refractivity contribution is 0.262. The van der Waals surface area contributed by atoms with Gasteiger partial charge in [0.2, 0.25) is 0 Å². The van der Waals surface area contributed by atoms with Crippen molar-refractivity contribution in [2.75, 3.05) is 49.6 Å². The van der Waals surface area contributed by atoms with Gasteiger partial charge in [0.15, 0.2) is 0 Å². The highest BCUT2D eigenvalue weighted by atomic mass is 35.5. The first-order chi connectivity index (χ1) is 35.2. The smallest absolute Gasteiger partial charge is 0.323 e. The Balaban J connectivity index is 1.04. The Morgan fingerprint density at radius 1 is 0.486 bits per heavy atom. The van der Waals surface area contributed by atoms with Crippen LogP contribution in [-0.2, 0) is 20.2 Å². The molecule has 0 unspecified atom stereocenters. The summed E-state index contributed by atoms with van der Waals surface area (Å²) in [5, 5.41) is 41.1. The monoisotopic (exact) mass is 1090 g/mol. The van der Waals surface area contributed by atoms with E-state index in [4.69, 9.17) is 51.3 Å². The maximum absolute atomic E-state index is 13.4. The molecule has 0 heterocycles. The third kappa shape index (κ3) is 16.8. The molecule has 0 aliphatic rings. The van der Waals surface area contributed by atoms with Gasteiger partial charge in [0, 0.05) is 24.3 Å². The summed E-state index contributed by atoms with van der Waals surface area (Å²) in [6.07, 6.45) is 0.228. The summed E-state index contributed by atoms with van der Waals surface area (Å²) in [4.78, 5) is 13.4. The molecule has 25 heteroatoms. The Labute approximate surface area is 437 Å². The third-order valence-electron chi connectivity index (χ3n) is 10.4. The second-order valence-corrected chi connectivity index (χ2v) is 20.2. The van der Waals surface area contributed by atoms with Crippen molar-refractivity contribution in [3.63, 3.8) is 0 Å². The van der Waals surface area contributed by atoms with Crippen LogP contribution in [0.3, 0.4) is 0 Å². The highest BCUT2D eigenvalue weighted by Crippen LogP contribution is 2.38. The van der Waals surface area contributed by atoms with Crippen LogP contribution < -0.4 is 29.6 Å². The van der Waals surface area contributed by atoms with E-state index >= 15 is 0 Å². The van der Waals surface area contributed by atoms with E-state index in [2.05, 4.69) is 51.5 Å². The topological polar surface area (TPSA) is 286 Å². The molecule has 6 aromatic rings. The lowest BCUT2D eigenvalue weighted by atomic mass is 10.1. The zero-order valence-corrected chi connectivity index (χ0v) is 43.8. The molecule has 0 radical (unpaired) electrons. The third-order valence-corrected chi connectivity index (χ3v) is 12.7. The van der Waals surface area contributed by atoms with Crippen molar-refractivity contribution >= 4 is 106 Å². The number of urea groups is 1. The number of aryl methyl sites for hydroxylation is 4. The molecule has 21 nitrogen and oxygen atoms in total. The number of carbonyl (C=O) groups is 1. The minimum atomic E-state index is -4.06. The maximum atomic E-state index is 13.4. The van der Waals surface area contributed by atoms with Crippen LogP contribution in [0.15, 0.2) is 138 Å². The molecule has 0 spiro atoms. The number of nitrogens with one attached hydrogen (secondary N) is 2. The fraction of sp³-hybridized carbons (Fsp3) is 0.245. The maximum Gasteiger partial charge on any atom is 0.323 e. The number of halogens is 2. The fourth-order valence-electron chi connectivity index (χ4n) is 6.63. The van der Waals surface area contributed by atoms with Gasteiger partial charge >= 0.3 is 6.03 Å². The van der Waals surface area contributed by atoms with E-state index in [9.17, 15) is 21.6 Å². The van der Waals surface area contributed by atoms with Crippen LogP contribution in [0.2, 0.25) is 10.0 Å². The number of methoxy groups -OCH3 is 2. The number of anilines is 2. The quantitative estimate of drug-likeness (QED) is 0.0282. The standard InChI is InChI=1S/C49H50Cl2N10O11S2/c1-29-21-33(9-13-39(29)56-58-41-15-11-35(25-37(41)50)71-17-7-19-73(63,64)65)54-60-43-27-47(69-5)45(23-31(43)3)52-49(62)53-46-24-32(4)44(28-48(46)70-6)61-55-34-10-14-40(30(2)22-34)57-59-42-16-12-36(26-38(42)51)72-18-8-20-74(66,67)68/h9-16,21-28H,7-8,17-20H2,1-6H3,(H2,52,53,62)(H,63,64,65)(H,66,67,68). The van der Waals surface area contributed by atoms with E-state index in [-0.39, 0.29) is 36.1 Å². The lowest BCUT2D eigenvalue weighted by Gasteiger charge is -2.15. The second kappa shape index (κ2) is 25.5. The molecule has 0 saturated heterocycles. The Bertz CT molecular complexity index is 3180. The minimum Gasteiger partial charge on any atom is -0.494 e. The van der Waals surface area contributed by atoms with Gasteiger partial charge in [0.1, 0.15) is 34.4 Å². The predicted molar refractivity (Wildman–Crippen MR) is 283 cm³/mol. The first kappa shape index (κ1) is 55.9. The molecule has 0 aliphatic carbocycles. The summed E-state index contributed by atoms with van der Waals surface area (Å²) in [7, 11) is -5.19. The number of nitrogens with zero attached hydrogens (tertiary/aromatic N) is 8. The predicted octanol–water partition coefficient (Wildman–Crippen LogP) is 14.9. The summed E-state index contributed by atoms with van der Waals surface area (Å²) < 4.78 is 83.6. The van der Waals surface area contributed by atoms with Gasteiger partial charge in [0.25, 0.3) is 20.2 Å². The molecule has 0 fully saturated rings. The zero-order chi connectivity index (χ0) is 53.6. The molecule has 6 aromatic carbocycles.